The number of hydrogen-bond donors (Lipinski definition) is 1. The highest BCUT2D eigenvalue weighted by molar-refractivity contribution is 5.95. The zero-order valence-corrected chi connectivity index (χ0v) is 13.4. The Labute approximate surface area is 135 Å². The van der Waals surface area contributed by atoms with Crippen molar-refractivity contribution < 1.29 is 9.90 Å². The minimum Gasteiger partial charge on any atom is -0.396 e. The molecule has 0 radical (unpaired) electrons. The molecule has 0 bridgehead atoms. The van der Waals surface area contributed by atoms with Crippen molar-refractivity contribution in [1.29, 1.82) is 0 Å². The average molecular weight is 314 g/mol. The lowest BCUT2D eigenvalue weighted by Crippen LogP contribution is -2.44. The number of aryl methyl sites for hydroxylation is 1. The average Bonchev–Trinajstić information content (AvgIpc) is 3.09. The van der Waals surface area contributed by atoms with Crippen molar-refractivity contribution in [3.05, 3.63) is 42.0 Å². The number of carbonyl (C=O) groups excluding carboxylic acids is 1. The minimum atomic E-state index is 0.0522. The first-order chi connectivity index (χ1) is 11.2. The molecule has 0 aliphatic carbocycles. The molecule has 1 aromatic carbocycles. The summed E-state index contributed by atoms with van der Waals surface area (Å²) < 4.78 is 1.69. The van der Waals surface area contributed by atoms with Crippen LogP contribution in [0, 0.1) is 6.92 Å². The number of rotatable bonds is 4. The van der Waals surface area contributed by atoms with Gasteiger partial charge in [-0.1, -0.05) is 0 Å². The van der Waals surface area contributed by atoms with Crippen LogP contribution in [-0.4, -0.2) is 49.9 Å². The van der Waals surface area contributed by atoms with Gasteiger partial charge in [0.1, 0.15) is 12.7 Å². The second-order valence-corrected chi connectivity index (χ2v) is 6.00. The number of aliphatic hydroxyl groups excluding tert-OH is 1. The van der Waals surface area contributed by atoms with E-state index in [9.17, 15) is 9.90 Å². The number of piperidine rings is 1. The number of nitrogens with zero attached hydrogens (tertiary/aromatic N) is 4. The predicted molar refractivity (Wildman–Crippen MR) is 86.5 cm³/mol. The molecule has 1 atom stereocenters. The smallest absolute Gasteiger partial charge is 0.254 e. The van der Waals surface area contributed by atoms with E-state index in [1.165, 1.54) is 6.33 Å². The number of aromatic nitrogens is 3. The van der Waals surface area contributed by atoms with Crippen LogP contribution in [0.3, 0.4) is 0 Å². The van der Waals surface area contributed by atoms with E-state index < -0.39 is 0 Å². The third-order valence-corrected chi connectivity index (χ3v) is 4.46. The molecule has 1 amide bonds. The summed E-state index contributed by atoms with van der Waals surface area (Å²) in [6.07, 6.45) is 6.92. The van der Waals surface area contributed by atoms with E-state index in [2.05, 4.69) is 10.1 Å². The zero-order chi connectivity index (χ0) is 16.2. The molecule has 1 fully saturated rings. The maximum absolute atomic E-state index is 12.8. The Morgan fingerprint density at radius 1 is 1.39 bits per heavy atom. The van der Waals surface area contributed by atoms with E-state index >= 15 is 0 Å². The first kappa shape index (κ1) is 15.7. The van der Waals surface area contributed by atoms with Gasteiger partial charge in [-0.3, -0.25) is 4.79 Å². The topological polar surface area (TPSA) is 71.2 Å². The highest BCUT2D eigenvalue weighted by atomic mass is 16.3. The molecule has 0 saturated carbocycles. The molecule has 1 unspecified atom stereocenters. The quantitative estimate of drug-likeness (QED) is 0.936. The zero-order valence-electron chi connectivity index (χ0n) is 13.4. The monoisotopic (exact) mass is 314 g/mol. The minimum absolute atomic E-state index is 0.0522. The summed E-state index contributed by atoms with van der Waals surface area (Å²) >= 11 is 0. The summed E-state index contributed by atoms with van der Waals surface area (Å²) in [5, 5.41) is 13.4. The van der Waals surface area contributed by atoms with Crippen molar-refractivity contribution in [2.24, 2.45) is 0 Å². The maximum atomic E-state index is 12.8. The Balaban J connectivity index is 1.83. The summed E-state index contributed by atoms with van der Waals surface area (Å²) in [5.74, 6) is 0.0522. The Hall–Kier alpha value is -2.21. The largest absolute Gasteiger partial charge is 0.396 e. The molecular formula is C17H22N4O2. The standard InChI is InChI=1S/C17H22N4O2/c1-13-10-14(5-6-16(13)21-12-18-11-19-21)17(23)20-8-3-2-4-15(20)7-9-22/h5-6,10-12,15,22H,2-4,7-9H2,1H3. The van der Waals surface area contributed by atoms with Crippen molar-refractivity contribution in [1.82, 2.24) is 19.7 Å². The SMILES string of the molecule is Cc1cc(C(=O)N2CCCCC2CCO)ccc1-n1cncn1. The van der Waals surface area contributed by atoms with Crippen molar-refractivity contribution in [3.8, 4) is 5.69 Å². The second-order valence-electron chi connectivity index (χ2n) is 6.00. The highest BCUT2D eigenvalue weighted by Crippen LogP contribution is 2.23. The molecule has 122 valence electrons. The molecular weight excluding hydrogens is 292 g/mol. The van der Waals surface area contributed by atoms with E-state index in [-0.39, 0.29) is 18.6 Å². The van der Waals surface area contributed by atoms with Crippen LogP contribution in [0.2, 0.25) is 0 Å². The molecule has 2 heterocycles. The third kappa shape index (κ3) is 3.27. The molecule has 23 heavy (non-hydrogen) atoms. The lowest BCUT2D eigenvalue weighted by molar-refractivity contribution is 0.0574. The number of aliphatic hydroxyl groups is 1. The Bertz CT molecular complexity index is 667. The van der Waals surface area contributed by atoms with Gasteiger partial charge in [-0.25, -0.2) is 9.67 Å². The van der Waals surface area contributed by atoms with Gasteiger partial charge in [-0.05, 0) is 56.4 Å². The van der Waals surface area contributed by atoms with Crippen LogP contribution in [-0.2, 0) is 0 Å². The van der Waals surface area contributed by atoms with Crippen molar-refractivity contribution >= 4 is 5.91 Å². The van der Waals surface area contributed by atoms with Gasteiger partial charge in [0, 0.05) is 24.8 Å². The van der Waals surface area contributed by atoms with Crippen LogP contribution in [0.5, 0.6) is 0 Å². The first-order valence-corrected chi connectivity index (χ1v) is 8.08. The summed E-state index contributed by atoms with van der Waals surface area (Å²) in [4.78, 5) is 18.7. The van der Waals surface area contributed by atoms with Gasteiger partial charge in [-0.15, -0.1) is 0 Å². The lowest BCUT2D eigenvalue weighted by Gasteiger charge is -2.35. The Morgan fingerprint density at radius 2 is 2.26 bits per heavy atom. The predicted octanol–water partition coefficient (Wildman–Crippen LogP) is 1.95. The van der Waals surface area contributed by atoms with Crippen LogP contribution < -0.4 is 0 Å². The van der Waals surface area contributed by atoms with Gasteiger partial charge in [0.15, 0.2) is 0 Å². The van der Waals surface area contributed by atoms with E-state index in [1.54, 1.807) is 11.0 Å². The Morgan fingerprint density at radius 3 is 2.96 bits per heavy atom. The number of benzene rings is 1. The molecule has 1 aliphatic rings. The van der Waals surface area contributed by atoms with Crippen molar-refractivity contribution in [3.63, 3.8) is 0 Å². The van der Waals surface area contributed by atoms with Gasteiger partial charge < -0.3 is 10.0 Å². The van der Waals surface area contributed by atoms with Gasteiger partial charge in [0.25, 0.3) is 5.91 Å². The summed E-state index contributed by atoms with van der Waals surface area (Å²) in [6, 6.07) is 5.81. The van der Waals surface area contributed by atoms with Gasteiger partial charge in [-0.2, -0.15) is 5.10 Å². The van der Waals surface area contributed by atoms with Crippen molar-refractivity contribution in [2.45, 2.75) is 38.6 Å². The van der Waals surface area contributed by atoms with Gasteiger partial charge in [0.05, 0.1) is 5.69 Å². The van der Waals surface area contributed by atoms with Gasteiger partial charge in [0.2, 0.25) is 0 Å². The molecule has 0 spiro atoms. The fourth-order valence-corrected chi connectivity index (χ4v) is 3.26. The number of hydrogen-bond acceptors (Lipinski definition) is 4. The first-order valence-electron chi connectivity index (χ1n) is 8.08. The van der Waals surface area contributed by atoms with E-state index in [1.807, 2.05) is 30.0 Å². The summed E-state index contributed by atoms with van der Waals surface area (Å²) in [6.45, 7) is 2.86. The molecule has 3 rings (SSSR count). The Kier molecular flexibility index (Phi) is 4.71. The molecule has 6 nitrogen and oxygen atoms in total. The highest BCUT2D eigenvalue weighted by Gasteiger charge is 2.27. The molecule has 6 heteroatoms. The van der Waals surface area contributed by atoms with Crippen LogP contribution >= 0.6 is 0 Å². The number of carbonyl (C=O) groups is 1. The summed E-state index contributed by atoms with van der Waals surface area (Å²) in [7, 11) is 0. The van der Waals surface area contributed by atoms with Crippen LogP contribution in [0.15, 0.2) is 30.9 Å². The van der Waals surface area contributed by atoms with E-state index in [0.717, 1.165) is 37.1 Å². The molecule has 2 aromatic rings. The van der Waals surface area contributed by atoms with Crippen molar-refractivity contribution in [2.75, 3.05) is 13.2 Å². The third-order valence-electron chi connectivity index (χ3n) is 4.46. The fraction of sp³-hybridized carbons (Fsp3) is 0.471. The van der Waals surface area contributed by atoms with Crippen LogP contribution in [0.1, 0.15) is 41.6 Å². The second kappa shape index (κ2) is 6.91. The van der Waals surface area contributed by atoms with Crippen LogP contribution in [0.25, 0.3) is 5.69 Å². The molecule has 1 saturated heterocycles. The molecule has 1 aliphatic heterocycles. The van der Waals surface area contributed by atoms with Gasteiger partial charge >= 0.3 is 0 Å². The molecule has 1 N–H and O–H groups in total. The normalized spacial score (nSPS) is 18.2. The van der Waals surface area contributed by atoms with Crippen LogP contribution in [0.4, 0.5) is 0 Å². The lowest BCUT2D eigenvalue weighted by atomic mass is 9.98. The summed E-state index contributed by atoms with van der Waals surface area (Å²) in [5.41, 5.74) is 2.60. The van der Waals surface area contributed by atoms with E-state index in [4.69, 9.17) is 0 Å². The number of amides is 1. The molecule has 1 aromatic heterocycles. The van der Waals surface area contributed by atoms with E-state index in [0.29, 0.717) is 12.0 Å². The maximum Gasteiger partial charge on any atom is 0.254 e. The number of likely N-dealkylation sites (tertiary alicyclic amines) is 1. The fourth-order valence-electron chi connectivity index (χ4n) is 3.26.